The largest absolute Gasteiger partial charge is 0.469 e. The molecular weight excluding hydrogens is 326 g/mol. The van der Waals surface area contributed by atoms with Crippen molar-refractivity contribution >= 4 is 18.0 Å². The van der Waals surface area contributed by atoms with Gasteiger partial charge < -0.3 is 19.7 Å². The number of rotatable bonds is 6. The molecule has 2 amide bonds. The number of hydrogen-bond acceptors (Lipinski definition) is 6. The molecule has 0 radical (unpaired) electrons. The summed E-state index contributed by atoms with van der Waals surface area (Å²) in [5.74, 6) is -0.309. The monoisotopic (exact) mass is 357 g/mol. The molecule has 1 aliphatic heterocycles. The van der Waals surface area contributed by atoms with Gasteiger partial charge in [0.15, 0.2) is 0 Å². The van der Waals surface area contributed by atoms with Gasteiger partial charge >= 0.3 is 12.1 Å². The zero-order valence-electron chi connectivity index (χ0n) is 16.0. The van der Waals surface area contributed by atoms with Crippen LogP contribution < -0.4 is 5.32 Å². The van der Waals surface area contributed by atoms with E-state index in [2.05, 4.69) is 15.0 Å². The first-order valence-electron chi connectivity index (χ1n) is 8.70. The zero-order valence-corrected chi connectivity index (χ0v) is 16.0. The molecule has 8 heteroatoms. The summed E-state index contributed by atoms with van der Waals surface area (Å²) in [5.41, 5.74) is -0.595. The lowest BCUT2D eigenvalue weighted by molar-refractivity contribution is -0.140. The molecule has 1 fully saturated rings. The minimum absolute atomic E-state index is 0.111. The second kappa shape index (κ2) is 9.60. The molecule has 1 N–H and O–H groups in total. The predicted octanol–water partition coefficient (Wildman–Crippen LogP) is 0.997. The van der Waals surface area contributed by atoms with E-state index in [-0.39, 0.29) is 11.9 Å². The third kappa shape index (κ3) is 8.20. The first kappa shape index (κ1) is 21.2. The fraction of sp³-hybridized carbons (Fsp3) is 0.824. The van der Waals surface area contributed by atoms with Crippen molar-refractivity contribution in [2.45, 2.75) is 52.2 Å². The molecule has 0 aromatic rings. The molecule has 1 atom stereocenters. The van der Waals surface area contributed by atoms with Crippen LogP contribution in [0.5, 0.6) is 0 Å². The molecule has 8 nitrogen and oxygen atoms in total. The maximum absolute atomic E-state index is 12.4. The van der Waals surface area contributed by atoms with E-state index in [0.29, 0.717) is 19.5 Å². The van der Waals surface area contributed by atoms with E-state index in [1.807, 2.05) is 0 Å². The van der Waals surface area contributed by atoms with Gasteiger partial charge in [-0.25, -0.2) is 4.79 Å². The average molecular weight is 357 g/mol. The van der Waals surface area contributed by atoms with Crippen LogP contribution in [0, 0.1) is 0 Å². The maximum Gasteiger partial charge on any atom is 0.408 e. The van der Waals surface area contributed by atoms with E-state index in [0.717, 1.165) is 26.1 Å². The lowest BCUT2D eigenvalue weighted by atomic mass is 10.2. The molecule has 144 valence electrons. The molecular formula is C17H31N3O5. The number of esters is 1. The van der Waals surface area contributed by atoms with Gasteiger partial charge in [0.05, 0.1) is 7.11 Å². The Bertz CT molecular complexity index is 467. The Morgan fingerprint density at radius 1 is 1.12 bits per heavy atom. The van der Waals surface area contributed by atoms with Crippen LogP contribution in [0.2, 0.25) is 0 Å². The normalized spacial score (nSPS) is 16.9. The Morgan fingerprint density at radius 3 is 2.24 bits per heavy atom. The fourth-order valence-electron chi connectivity index (χ4n) is 2.56. The van der Waals surface area contributed by atoms with Gasteiger partial charge in [-0.05, 0) is 40.7 Å². The number of nitrogens with zero attached hydrogens (tertiary/aromatic N) is 2. The van der Waals surface area contributed by atoms with Crippen molar-refractivity contribution in [2.24, 2.45) is 0 Å². The summed E-state index contributed by atoms with van der Waals surface area (Å²) in [7, 11) is 1.39. The molecule has 0 spiro atoms. The number of amides is 2. The number of hydrogen-bond donors (Lipinski definition) is 1. The van der Waals surface area contributed by atoms with E-state index in [4.69, 9.17) is 4.74 Å². The van der Waals surface area contributed by atoms with Crippen LogP contribution in [0.1, 0.15) is 40.5 Å². The highest BCUT2D eigenvalue weighted by Crippen LogP contribution is 2.09. The Labute approximate surface area is 149 Å². The minimum atomic E-state index is -0.624. The predicted molar refractivity (Wildman–Crippen MR) is 93.1 cm³/mol. The summed E-state index contributed by atoms with van der Waals surface area (Å²) in [6.45, 7) is 10.5. The third-order valence-corrected chi connectivity index (χ3v) is 3.87. The lowest BCUT2D eigenvalue weighted by Gasteiger charge is -2.36. The molecule has 1 aliphatic rings. The van der Waals surface area contributed by atoms with Gasteiger partial charge in [-0.2, -0.15) is 0 Å². The second-order valence-corrected chi connectivity index (χ2v) is 7.21. The molecule has 1 saturated heterocycles. The standard InChI is InChI=1S/C17H31N3O5/c1-13(18-16(23)25-17(2,3)4)15(22)20-11-9-19(10-12-20)8-6-7-14(21)24-5/h13H,6-12H2,1-5H3,(H,18,23). The number of alkyl carbamates (subject to hydrolysis) is 1. The van der Waals surface area contributed by atoms with E-state index in [9.17, 15) is 14.4 Å². The number of methoxy groups -OCH3 is 1. The molecule has 0 aromatic carbocycles. The van der Waals surface area contributed by atoms with Crippen LogP contribution in [-0.4, -0.2) is 79.2 Å². The molecule has 0 bridgehead atoms. The molecule has 0 aromatic heterocycles. The van der Waals surface area contributed by atoms with Crippen molar-refractivity contribution in [3.63, 3.8) is 0 Å². The van der Waals surface area contributed by atoms with Gasteiger partial charge in [-0.1, -0.05) is 0 Å². The molecule has 1 heterocycles. The quantitative estimate of drug-likeness (QED) is 0.714. The molecule has 0 saturated carbocycles. The number of nitrogens with one attached hydrogen (secondary N) is 1. The van der Waals surface area contributed by atoms with E-state index >= 15 is 0 Å². The number of piperazine rings is 1. The fourth-order valence-corrected chi connectivity index (χ4v) is 2.56. The summed E-state index contributed by atoms with van der Waals surface area (Å²) in [5, 5.41) is 2.58. The van der Waals surface area contributed by atoms with Crippen molar-refractivity contribution in [1.29, 1.82) is 0 Å². The summed E-state index contributed by atoms with van der Waals surface area (Å²) < 4.78 is 9.79. The van der Waals surface area contributed by atoms with E-state index in [1.54, 1.807) is 32.6 Å². The number of carbonyl (C=O) groups excluding carboxylic acids is 3. The summed E-state index contributed by atoms with van der Waals surface area (Å²) in [4.78, 5) is 39.3. The van der Waals surface area contributed by atoms with Crippen molar-refractivity contribution in [1.82, 2.24) is 15.1 Å². The van der Waals surface area contributed by atoms with Gasteiger partial charge in [-0.3, -0.25) is 14.5 Å². The molecule has 0 aliphatic carbocycles. The van der Waals surface area contributed by atoms with Gasteiger partial charge in [0, 0.05) is 32.6 Å². The van der Waals surface area contributed by atoms with Gasteiger partial charge in [-0.15, -0.1) is 0 Å². The van der Waals surface area contributed by atoms with Crippen molar-refractivity contribution in [2.75, 3.05) is 39.8 Å². The highest BCUT2D eigenvalue weighted by molar-refractivity contribution is 5.85. The van der Waals surface area contributed by atoms with Gasteiger partial charge in [0.2, 0.25) is 5.91 Å². The average Bonchev–Trinajstić information content (AvgIpc) is 2.52. The zero-order chi connectivity index (χ0) is 19.0. The maximum atomic E-state index is 12.4. The van der Waals surface area contributed by atoms with Crippen LogP contribution in [-0.2, 0) is 19.1 Å². The number of carbonyl (C=O) groups is 3. The van der Waals surface area contributed by atoms with E-state index in [1.165, 1.54) is 7.11 Å². The van der Waals surface area contributed by atoms with Crippen molar-refractivity contribution < 1.29 is 23.9 Å². The molecule has 1 unspecified atom stereocenters. The SMILES string of the molecule is COC(=O)CCCN1CCN(C(=O)C(C)NC(=O)OC(C)(C)C)CC1. The minimum Gasteiger partial charge on any atom is -0.469 e. The van der Waals surface area contributed by atoms with Crippen LogP contribution in [0.25, 0.3) is 0 Å². The third-order valence-electron chi connectivity index (χ3n) is 3.87. The Balaban J connectivity index is 2.32. The van der Waals surface area contributed by atoms with Crippen LogP contribution in [0.4, 0.5) is 4.79 Å². The summed E-state index contributed by atoms with van der Waals surface area (Å²) in [6, 6.07) is -0.624. The van der Waals surface area contributed by atoms with Gasteiger partial charge in [0.1, 0.15) is 11.6 Å². The van der Waals surface area contributed by atoms with Gasteiger partial charge in [0.25, 0.3) is 0 Å². The molecule has 25 heavy (non-hydrogen) atoms. The van der Waals surface area contributed by atoms with Crippen LogP contribution >= 0.6 is 0 Å². The summed E-state index contributed by atoms with van der Waals surface area (Å²) in [6.07, 6.45) is 0.568. The Morgan fingerprint density at radius 2 is 1.72 bits per heavy atom. The molecule has 1 rings (SSSR count). The van der Waals surface area contributed by atoms with Crippen LogP contribution in [0.15, 0.2) is 0 Å². The van der Waals surface area contributed by atoms with Crippen LogP contribution in [0.3, 0.4) is 0 Å². The Hall–Kier alpha value is -1.83. The van der Waals surface area contributed by atoms with Crippen molar-refractivity contribution in [3.8, 4) is 0 Å². The lowest BCUT2D eigenvalue weighted by Crippen LogP contribution is -2.54. The van der Waals surface area contributed by atoms with Crippen molar-refractivity contribution in [3.05, 3.63) is 0 Å². The Kier molecular flexibility index (Phi) is 8.15. The smallest absolute Gasteiger partial charge is 0.408 e. The summed E-state index contributed by atoms with van der Waals surface area (Å²) >= 11 is 0. The van der Waals surface area contributed by atoms with E-state index < -0.39 is 17.7 Å². The highest BCUT2D eigenvalue weighted by Gasteiger charge is 2.27. The first-order valence-corrected chi connectivity index (χ1v) is 8.70. The number of ether oxygens (including phenoxy) is 2. The second-order valence-electron chi connectivity index (χ2n) is 7.21. The topological polar surface area (TPSA) is 88.2 Å². The highest BCUT2D eigenvalue weighted by atomic mass is 16.6. The first-order chi connectivity index (χ1) is 11.6.